The molecule has 0 aliphatic rings. The highest BCUT2D eigenvalue weighted by Gasteiger charge is 2.09. The summed E-state index contributed by atoms with van der Waals surface area (Å²) in [5.74, 6) is -0.163. The summed E-state index contributed by atoms with van der Waals surface area (Å²) in [7, 11) is 0. The van der Waals surface area contributed by atoms with Gasteiger partial charge in [-0.3, -0.25) is 4.79 Å². The van der Waals surface area contributed by atoms with Gasteiger partial charge in [0.25, 0.3) is 0 Å². The van der Waals surface area contributed by atoms with Gasteiger partial charge in [-0.1, -0.05) is 24.3 Å². The molecule has 0 atom stereocenters. The van der Waals surface area contributed by atoms with Gasteiger partial charge in [0.2, 0.25) is 5.91 Å². The molecule has 0 aliphatic carbocycles. The first-order valence-corrected chi connectivity index (χ1v) is 9.77. The Kier molecular flexibility index (Phi) is 4.73. The van der Waals surface area contributed by atoms with E-state index in [1.807, 2.05) is 18.4 Å². The molecule has 6 heteroatoms. The van der Waals surface area contributed by atoms with E-state index in [1.165, 1.54) is 33.1 Å². The van der Waals surface area contributed by atoms with Crippen LogP contribution in [0.1, 0.15) is 23.2 Å². The normalized spacial score (nSPS) is 11.6. The van der Waals surface area contributed by atoms with Crippen molar-refractivity contribution in [3.05, 3.63) is 64.1 Å². The number of hydrogen-bond acceptors (Lipinski definition) is 4. The number of nitrogens with zero attached hydrogens (tertiary/aromatic N) is 3. The van der Waals surface area contributed by atoms with Crippen molar-refractivity contribution in [3.8, 4) is 0 Å². The van der Waals surface area contributed by atoms with Crippen LogP contribution in [0.3, 0.4) is 0 Å². The molecule has 4 rings (SSSR count). The van der Waals surface area contributed by atoms with E-state index in [9.17, 15) is 4.79 Å². The van der Waals surface area contributed by atoms with Crippen molar-refractivity contribution < 1.29 is 4.79 Å². The van der Waals surface area contributed by atoms with Crippen LogP contribution < -0.4 is 5.43 Å². The molecule has 2 heterocycles. The summed E-state index contributed by atoms with van der Waals surface area (Å²) in [5.41, 5.74) is 6.91. The smallest absolute Gasteiger partial charge is 0.246 e. The molecule has 0 bridgehead atoms. The number of para-hydroxylation sites is 1. The number of rotatable bonds is 5. The molecule has 0 saturated carbocycles. The quantitative estimate of drug-likeness (QED) is 0.418. The molecule has 136 valence electrons. The van der Waals surface area contributed by atoms with Crippen molar-refractivity contribution >= 4 is 45.3 Å². The van der Waals surface area contributed by atoms with E-state index >= 15 is 0 Å². The predicted octanol–water partition coefficient (Wildman–Crippen LogP) is 4.27. The zero-order valence-electron chi connectivity index (χ0n) is 15.3. The number of fused-ring (bicyclic) bond motifs is 3. The maximum Gasteiger partial charge on any atom is 0.246 e. The third-order valence-electron chi connectivity index (χ3n) is 4.49. The van der Waals surface area contributed by atoms with Gasteiger partial charge in [0.05, 0.1) is 12.6 Å². The van der Waals surface area contributed by atoms with E-state index in [4.69, 9.17) is 0 Å². The van der Waals surface area contributed by atoms with Gasteiger partial charge in [-0.2, -0.15) is 5.10 Å². The molecule has 2 aromatic carbocycles. The second-order valence-electron chi connectivity index (χ2n) is 6.39. The molecule has 4 aromatic rings. The summed E-state index contributed by atoms with van der Waals surface area (Å²) in [6, 6.07) is 14.7. The number of benzene rings is 2. The van der Waals surface area contributed by atoms with Crippen LogP contribution in [-0.2, 0) is 17.8 Å². The van der Waals surface area contributed by atoms with Crippen molar-refractivity contribution in [2.24, 2.45) is 5.10 Å². The summed E-state index contributed by atoms with van der Waals surface area (Å²) in [5, 5.41) is 9.27. The van der Waals surface area contributed by atoms with Gasteiger partial charge in [-0.25, -0.2) is 10.4 Å². The minimum atomic E-state index is -0.163. The van der Waals surface area contributed by atoms with Gasteiger partial charge in [0.15, 0.2) is 0 Å². The highest BCUT2D eigenvalue weighted by Crippen LogP contribution is 2.29. The second kappa shape index (κ2) is 7.32. The Balaban J connectivity index is 1.54. The van der Waals surface area contributed by atoms with E-state index < -0.39 is 0 Å². The van der Waals surface area contributed by atoms with Crippen molar-refractivity contribution in [3.63, 3.8) is 0 Å². The number of carbonyl (C=O) groups is 1. The first-order valence-electron chi connectivity index (χ1n) is 8.89. The number of thiazole rings is 1. The van der Waals surface area contributed by atoms with Crippen LogP contribution in [0.5, 0.6) is 0 Å². The number of nitrogens with one attached hydrogen (secondary N) is 1. The topological polar surface area (TPSA) is 59.3 Å². The summed E-state index contributed by atoms with van der Waals surface area (Å²) in [6.07, 6.45) is 1.93. The van der Waals surface area contributed by atoms with E-state index in [0.29, 0.717) is 0 Å². The molecule has 0 unspecified atom stereocenters. The molecule has 2 aromatic heterocycles. The third-order valence-corrected chi connectivity index (χ3v) is 5.46. The zero-order chi connectivity index (χ0) is 18.8. The van der Waals surface area contributed by atoms with Gasteiger partial charge in [0.1, 0.15) is 5.01 Å². The second-order valence-corrected chi connectivity index (χ2v) is 7.33. The Labute approximate surface area is 161 Å². The van der Waals surface area contributed by atoms with Crippen LogP contribution in [0.15, 0.2) is 52.9 Å². The average molecular weight is 376 g/mol. The number of amides is 1. The molecular weight excluding hydrogens is 356 g/mol. The fourth-order valence-corrected chi connectivity index (χ4v) is 4.10. The zero-order valence-corrected chi connectivity index (χ0v) is 16.1. The molecule has 1 amide bonds. The Hall–Kier alpha value is -2.99. The fraction of sp³-hybridized carbons (Fsp3) is 0.190. The number of hydrogen-bond donors (Lipinski definition) is 1. The van der Waals surface area contributed by atoms with Crippen molar-refractivity contribution in [1.82, 2.24) is 15.0 Å². The minimum Gasteiger partial charge on any atom is -0.341 e. The van der Waals surface area contributed by atoms with E-state index in [2.05, 4.69) is 63.4 Å². The van der Waals surface area contributed by atoms with Crippen LogP contribution in [0.25, 0.3) is 21.8 Å². The first kappa shape index (κ1) is 17.4. The predicted molar refractivity (Wildman–Crippen MR) is 111 cm³/mol. The van der Waals surface area contributed by atoms with Crippen molar-refractivity contribution in [2.45, 2.75) is 26.8 Å². The lowest BCUT2D eigenvalue weighted by Crippen LogP contribution is -2.19. The van der Waals surface area contributed by atoms with E-state index in [0.717, 1.165) is 22.8 Å². The summed E-state index contributed by atoms with van der Waals surface area (Å²) >= 11 is 1.49. The molecule has 0 spiro atoms. The molecule has 5 nitrogen and oxygen atoms in total. The van der Waals surface area contributed by atoms with Gasteiger partial charge in [-0.15, -0.1) is 11.3 Å². The van der Waals surface area contributed by atoms with Crippen LogP contribution in [-0.4, -0.2) is 21.7 Å². The van der Waals surface area contributed by atoms with Gasteiger partial charge in [0, 0.05) is 39.4 Å². The molecule has 0 radical (unpaired) electrons. The molecular formula is C21H20N4OS. The van der Waals surface area contributed by atoms with Crippen LogP contribution >= 0.6 is 11.3 Å². The number of carbonyl (C=O) groups excluding carboxylic acids is 1. The minimum absolute atomic E-state index is 0.163. The Morgan fingerprint density at radius 2 is 2.04 bits per heavy atom. The standard InChI is InChI=1S/C21H20N4OS/c1-3-25-18-7-5-4-6-16(18)17-10-15(8-9-19(17)25)12-22-24-20(26)11-21-23-14(2)13-27-21/h4-10,12-13H,3,11H2,1-2H3,(H,24,26)/b22-12-. The summed E-state index contributed by atoms with van der Waals surface area (Å²) in [4.78, 5) is 16.3. The molecule has 0 aliphatic heterocycles. The van der Waals surface area contributed by atoms with Crippen LogP contribution in [0, 0.1) is 6.92 Å². The highest BCUT2D eigenvalue weighted by molar-refractivity contribution is 7.09. The molecule has 1 N–H and O–H groups in total. The molecule has 0 saturated heterocycles. The first-order chi connectivity index (χ1) is 13.2. The summed E-state index contributed by atoms with van der Waals surface area (Å²) in [6.45, 7) is 4.99. The lowest BCUT2D eigenvalue weighted by atomic mass is 10.1. The Bertz CT molecular complexity index is 1160. The Morgan fingerprint density at radius 1 is 1.22 bits per heavy atom. The van der Waals surface area contributed by atoms with Crippen LogP contribution in [0.2, 0.25) is 0 Å². The lowest BCUT2D eigenvalue weighted by Gasteiger charge is -2.02. The SMILES string of the molecule is CCn1c2ccccc2c2cc(/C=N\NC(=O)Cc3nc(C)cs3)ccc21. The average Bonchev–Trinajstić information content (AvgIpc) is 3.22. The molecule has 0 fully saturated rings. The van der Waals surface area contributed by atoms with E-state index in [-0.39, 0.29) is 12.3 Å². The van der Waals surface area contributed by atoms with Gasteiger partial charge in [-0.05, 0) is 37.6 Å². The maximum atomic E-state index is 12.0. The van der Waals surface area contributed by atoms with Gasteiger partial charge < -0.3 is 4.57 Å². The lowest BCUT2D eigenvalue weighted by molar-refractivity contribution is -0.120. The monoisotopic (exact) mass is 376 g/mol. The fourth-order valence-electron chi connectivity index (χ4n) is 3.33. The van der Waals surface area contributed by atoms with Crippen LogP contribution in [0.4, 0.5) is 0 Å². The third kappa shape index (κ3) is 3.48. The number of aryl methyl sites for hydroxylation is 2. The molecule has 27 heavy (non-hydrogen) atoms. The highest BCUT2D eigenvalue weighted by atomic mass is 32.1. The van der Waals surface area contributed by atoms with Gasteiger partial charge >= 0.3 is 0 Å². The largest absolute Gasteiger partial charge is 0.341 e. The maximum absolute atomic E-state index is 12.0. The number of hydrazone groups is 1. The number of aromatic nitrogens is 2. The Morgan fingerprint density at radius 3 is 2.81 bits per heavy atom. The summed E-state index contributed by atoms with van der Waals surface area (Å²) < 4.78 is 2.31. The van der Waals surface area contributed by atoms with E-state index in [1.54, 1.807) is 6.21 Å². The van der Waals surface area contributed by atoms with Crippen molar-refractivity contribution in [2.75, 3.05) is 0 Å². The van der Waals surface area contributed by atoms with Crippen molar-refractivity contribution in [1.29, 1.82) is 0 Å².